The van der Waals surface area contributed by atoms with E-state index < -0.39 is 0 Å². The topological polar surface area (TPSA) is 28.2 Å². The third-order valence-electron chi connectivity index (χ3n) is 2.63. The fourth-order valence-corrected chi connectivity index (χ4v) is 1.94. The van der Waals surface area contributed by atoms with Crippen LogP contribution in [0.3, 0.4) is 0 Å². The normalized spacial score (nSPS) is 10.2. The average molecular weight is 306 g/mol. The van der Waals surface area contributed by atoms with Crippen molar-refractivity contribution in [1.82, 2.24) is 4.98 Å². The average Bonchev–Trinajstić information content (AvgIpc) is 2.38. The Kier molecular flexibility index (Phi) is 4.20. The van der Waals surface area contributed by atoms with Gasteiger partial charge in [0, 0.05) is 24.8 Å². The van der Waals surface area contributed by atoms with E-state index in [2.05, 4.69) is 43.3 Å². The second-order valence-corrected chi connectivity index (χ2v) is 5.15. The highest BCUT2D eigenvalue weighted by Crippen LogP contribution is 2.23. The number of aromatic nitrogens is 1. The first-order valence-electron chi connectivity index (χ1n) is 5.77. The zero-order chi connectivity index (χ0) is 13.0. The van der Waals surface area contributed by atoms with Crippen molar-refractivity contribution in [1.29, 1.82) is 0 Å². The molecule has 1 heterocycles. The van der Waals surface area contributed by atoms with Crippen molar-refractivity contribution in [3.63, 3.8) is 0 Å². The lowest BCUT2D eigenvalue weighted by Gasteiger charge is -2.18. The van der Waals surface area contributed by atoms with E-state index in [9.17, 15) is 0 Å². The Morgan fingerprint density at radius 2 is 1.94 bits per heavy atom. The molecule has 1 aromatic heterocycles. The Labute approximate surface area is 116 Å². The molecule has 94 valence electrons. The van der Waals surface area contributed by atoms with E-state index >= 15 is 0 Å². The lowest BCUT2D eigenvalue weighted by molar-refractivity contribution is 1.03. The predicted octanol–water partition coefficient (Wildman–Crippen LogP) is 3.52. The highest BCUT2D eigenvalue weighted by Gasteiger charge is 2.03. The molecule has 0 saturated carbocycles. The molecule has 1 aromatic carbocycles. The summed E-state index contributed by atoms with van der Waals surface area (Å²) in [6.07, 6.45) is 1.81. The molecule has 0 amide bonds. The molecule has 3 nitrogen and oxygen atoms in total. The van der Waals surface area contributed by atoms with Crippen LogP contribution in [-0.4, -0.2) is 19.1 Å². The van der Waals surface area contributed by atoms with Gasteiger partial charge in [-0.1, -0.05) is 12.1 Å². The third-order valence-corrected chi connectivity index (χ3v) is 3.10. The van der Waals surface area contributed by atoms with Gasteiger partial charge in [-0.25, -0.2) is 0 Å². The summed E-state index contributed by atoms with van der Waals surface area (Å²) < 4.78 is 1.000. The number of nitrogens with zero attached hydrogens (tertiary/aromatic N) is 2. The fraction of sp³-hybridized carbons (Fsp3) is 0.214. The van der Waals surface area contributed by atoms with E-state index in [1.165, 1.54) is 5.69 Å². The largest absolute Gasteiger partial charge is 0.378 e. The number of benzene rings is 1. The van der Waals surface area contributed by atoms with Crippen molar-refractivity contribution in [2.75, 3.05) is 24.3 Å². The van der Waals surface area contributed by atoms with Crippen LogP contribution >= 0.6 is 15.9 Å². The Bertz CT molecular complexity index is 509. The monoisotopic (exact) mass is 305 g/mol. The standard InChI is InChI=1S/C14H16BrN3/c1-18(2)14-6-4-3-5-13(14)17-10-12-8-7-11(15)9-16-12/h3-9,17H,10H2,1-2H3. The van der Waals surface area contributed by atoms with Crippen molar-refractivity contribution in [3.05, 3.63) is 52.8 Å². The molecule has 18 heavy (non-hydrogen) atoms. The molecule has 0 aliphatic heterocycles. The van der Waals surface area contributed by atoms with Crippen LogP contribution in [0, 0.1) is 0 Å². The number of rotatable bonds is 4. The minimum Gasteiger partial charge on any atom is -0.378 e. The Hall–Kier alpha value is -1.55. The number of para-hydroxylation sites is 2. The molecular weight excluding hydrogens is 290 g/mol. The third kappa shape index (κ3) is 3.23. The highest BCUT2D eigenvalue weighted by molar-refractivity contribution is 9.10. The van der Waals surface area contributed by atoms with Crippen LogP contribution in [0.2, 0.25) is 0 Å². The summed E-state index contributed by atoms with van der Waals surface area (Å²) in [5.74, 6) is 0. The molecule has 0 aliphatic carbocycles. The lowest BCUT2D eigenvalue weighted by atomic mass is 10.2. The number of anilines is 2. The van der Waals surface area contributed by atoms with Gasteiger partial charge in [-0.3, -0.25) is 4.98 Å². The SMILES string of the molecule is CN(C)c1ccccc1NCc1ccc(Br)cn1. The minimum absolute atomic E-state index is 0.720. The van der Waals surface area contributed by atoms with E-state index in [1.807, 2.05) is 44.6 Å². The Morgan fingerprint density at radius 1 is 1.17 bits per heavy atom. The summed E-state index contributed by atoms with van der Waals surface area (Å²) in [4.78, 5) is 6.44. The van der Waals surface area contributed by atoms with E-state index in [1.54, 1.807) is 0 Å². The summed E-state index contributed by atoms with van der Waals surface area (Å²) in [7, 11) is 4.08. The van der Waals surface area contributed by atoms with Gasteiger partial charge >= 0.3 is 0 Å². The maximum Gasteiger partial charge on any atom is 0.0596 e. The van der Waals surface area contributed by atoms with Gasteiger partial charge in [0.2, 0.25) is 0 Å². The number of pyridine rings is 1. The summed E-state index contributed by atoms with van der Waals surface area (Å²) >= 11 is 3.38. The molecule has 0 radical (unpaired) electrons. The molecule has 0 fully saturated rings. The van der Waals surface area contributed by atoms with Crippen LogP contribution in [0.25, 0.3) is 0 Å². The second-order valence-electron chi connectivity index (χ2n) is 4.23. The van der Waals surface area contributed by atoms with Gasteiger partial charge in [0.15, 0.2) is 0 Å². The van der Waals surface area contributed by atoms with E-state index in [0.29, 0.717) is 0 Å². The molecule has 0 bridgehead atoms. The van der Waals surface area contributed by atoms with Crippen molar-refractivity contribution < 1.29 is 0 Å². The molecule has 1 N–H and O–H groups in total. The van der Waals surface area contributed by atoms with Crippen molar-refractivity contribution in [3.8, 4) is 0 Å². The van der Waals surface area contributed by atoms with Gasteiger partial charge in [-0.15, -0.1) is 0 Å². The first-order valence-corrected chi connectivity index (χ1v) is 6.57. The van der Waals surface area contributed by atoms with E-state index in [0.717, 1.165) is 22.4 Å². The molecule has 0 spiro atoms. The van der Waals surface area contributed by atoms with Crippen LogP contribution in [0.5, 0.6) is 0 Å². The predicted molar refractivity (Wildman–Crippen MR) is 80.0 cm³/mol. The second kappa shape index (κ2) is 5.87. The molecule has 4 heteroatoms. The fourth-order valence-electron chi connectivity index (χ4n) is 1.71. The number of hydrogen-bond acceptors (Lipinski definition) is 3. The quantitative estimate of drug-likeness (QED) is 0.937. The number of nitrogens with one attached hydrogen (secondary N) is 1. The van der Waals surface area contributed by atoms with E-state index in [-0.39, 0.29) is 0 Å². The molecule has 0 unspecified atom stereocenters. The van der Waals surface area contributed by atoms with Crippen molar-refractivity contribution in [2.45, 2.75) is 6.54 Å². The van der Waals surface area contributed by atoms with Crippen LogP contribution in [-0.2, 0) is 6.54 Å². The zero-order valence-corrected chi connectivity index (χ0v) is 12.1. The summed E-state index contributed by atoms with van der Waals surface area (Å²) in [6.45, 7) is 0.720. The van der Waals surface area contributed by atoms with Gasteiger partial charge in [-0.05, 0) is 40.2 Å². The number of hydrogen-bond donors (Lipinski definition) is 1. The molecule has 0 atom stereocenters. The van der Waals surface area contributed by atoms with Crippen LogP contribution < -0.4 is 10.2 Å². The van der Waals surface area contributed by atoms with Gasteiger partial charge in [-0.2, -0.15) is 0 Å². The van der Waals surface area contributed by atoms with E-state index in [4.69, 9.17) is 0 Å². The Morgan fingerprint density at radius 3 is 2.61 bits per heavy atom. The molecular formula is C14H16BrN3. The van der Waals surface area contributed by atoms with Crippen LogP contribution in [0.15, 0.2) is 47.1 Å². The van der Waals surface area contributed by atoms with Crippen LogP contribution in [0.4, 0.5) is 11.4 Å². The minimum atomic E-state index is 0.720. The highest BCUT2D eigenvalue weighted by atomic mass is 79.9. The van der Waals surface area contributed by atoms with Gasteiger partial charge in [0.25, 0.3) is 0 Å². The molecule has 0 aliphatic rings. The van der Waals surface area contributed by atoms with Gasteiger partial charge in [0.05, 0.1) is 23.6 Å². The smallest absolute Gasteiger partial charge is 0.0596 e. The molecule has 2 aromatic rings. The summed E-state index contributed by atoms with van der Waals surface area (Å²) in [5, 5.41) is 3.41. The Balaban J connectivity index is 2.08. The lowest BCUT2D eigenvalue weighted by Crippen LogP contribution is -2.12. The summed E-state index contributed by atoms with van der Waals surface area (Å²) in [6, 6.07) is 12.3. The number of halogens is 1. The first kappa shape index (κ1) is 12.9. The zero-order valence-electron chi connectivity index (χ0n) is 10.5. The van der Waals surface area contributed by atoms with Crippen LogP contribution in [0.1, 0.15) is 5.69 Å². The summed E-state index contributed by atoms with van der Waals surface area (Å²) in [5.41, 5.74) is 3.31. The maximum atomic E-state index is 4.34. The molecule has 2 rings (SSSR count). The molecule has 0 saturated heterocycles. The first-order chi connectivity index (χ1) is 8.66. The van der Waals surface area contributed by atoms with Gasteiger partial charge < -0.3 is 10.2 Å². The van der Waals surface area contributed by atoms with Gasteiger partial charge in [0.1, 0.15) is 0 Å². The van der Waals surface area contributed by atoms with Crippen molar-refractivity contribution in [2.24, 2.45) is 0 Å². The van der Waals surface area contributed by atoms with Crippen molar-refractivity contribution >= 4 is 27.3 Å². The maximum absolute atomic E-state index is 4.34.